The van der Waals surface area contributed by atoms with Gasteiger partial charge in [-0.15, -0.1) is 11.3 Å². The molecule has 0 bridgehead atoms. The van der Waals surface area contributed by atoms with Crippen LogP contribution in [0, 0.1) is 6.92 Å². The van der Waals surface area contributed by atoms with Gasteiger partial charge in [-0.1, -0.05) is 13.0 Å². The summed E-state index contributed by atoms with van der Waals surface area (Å²) < 4.78 is 19.1. The summed E-state index contributed by atoms with van der Waals surface area (Å²) in [7, 11) is -1.48. The molecule has 2 aromatic rings. The maximum atomic E-state index is 13.4. The van der Waals surface area contributed by atoms with Gasteiger partial charge in [0.25, 0.3) is 0 Å². The minimum absolute atomic E-state index is 0.0342. The summed E-state index contributed by atoms with van der Waals surface area (Å²) in [4.78, 5) is 43.4. The number of carbonyl (C=O) groups excluding carboxylic acids is 3. The fourth-order valence-electron chi connectivity index (χ4n) is 4.65. The van der Waals surface area contributed by atoms with Crippen molar-refractivity contribution in [1.29, 1.82) is 0 Å². The second kappa shape index (κ2) is 13.1. The zero-order valence-corrected chi connectivity index (χ0v) is 23.2. The van der Waals surface area contributed by atoms with E-state index in [1.807, 2.05) is 34.2 Å². The van der Waals surface area contributed by atoms with Crippen LogP contribution in [-0.2, 0) is 38.1 Å². The molecule has 2 atom stereocenters. The van der Waals surface area contributed by atoms with Crippen molar-refractivity contribution in [1.82, 2.24) is 19.6 Å². The van der Waals surface area contributed by atoms with E-state index >= 15 is 0 Å². The average Bonchev–Trinajstić information content (AvgIpc) is 3.48. The summed E-state index contributed by atoms with van der Waals surface area (Å²) in [6.07, 6.45) is 4.56. The molecule has 0 N–H and O–H groups in total. The lowest BCUT2D eigenvalue weighted by Gasteiger charge is -2.39. The fraction of sp³-hybridized carbons (Fsp3) is 0.600. The molecule has 198 valence electrons. The molecular formula is C25H36N4O5S2. The van der Waals surface area contributed by atoms with Gasteiger partial charge in [-0.25, -0.2) is 4.79 Å². The molecule has 1 fully saturated rings. The van der Waals surface area contributed by atoms with Crippen molar-refractivity contribution >= 4 is 39.9 Å². The van der Waals surface area contributed by atoms with Crippen LogP contribution in [0.1, 0.15) is 60.5 Å². The first-order valence-electron chi connectivity index (χ1n) is 12.4. The van der Waals surface area contributed by atoms with Gasteiger partial charge in [0.15, 0.2) is 0 Å². The Kier molecular flexibility index (Phi) is 10.2. The molecule has 0 aromatic carbocycles. The van der Waals surface area contributed by atoms with Crippen LogP contribution in [0.3, 0.4) is 0 Å². The first kappa shape index (κ1) is 28.0. The van der Waals surface area contributed by atoms with Gasteiger partial charge in [0.05, 0.1) is 36.1 Å². The molecule has 3 rings (SSSR count). The molecule has 1 aliphatic heterocycles. The molecular weight excluding hydrogens is 500 g/mol. The summed E-state index contributed by atoms with van der Waals surface area (Å²) >= 11 is 1.58. The minimum Gasteiger partial charge on any atom is -0.462 e. The summed E-state index contributed by atoms with van der Waals surface area (Å²) in [5.74, 6) is -0.493. The number of amides is 2. The first-order valence-corrected chi connectivity index (χ1v) is 14.9. The third-order valence-corrected chi connectivity index (χ3v) is 8.09. The largest absolute Gasteiger partial charge is 0.462 e. The number of thiophene rings is 1. The van der Waals surface area contributed by atoms with Crippen LogP contribution >= 0.6 is 11.3 Å². The Hall–Kier alpha value is -2.53. The summed E-state index contributed by atoms with van der Waals surface area (Å²) in [6.45, 7) is 7.69. The highest BCUT2D eigenvalue weighted by Gasteiger charge is 2.31. The predicted molar refractivity (Wildman–Crippen MR) is 139 cm³/mol. The van der Waals surface area contributed by atoms with Gasteiger partial charge in [0, 0.05) is 43.2 Å². The number of esters is 1. The number of aryl methyl sites for hydroxylation is 2. The number of hydrogen-bond donors (Lipinski definition) is 0. The van der Waals surface area contributed by atoms with Crippen LogP contribution in [0.2, 0.25) is 0 Å². The molecule has 9 nitrogen and oxygen atoms in total. The highest BCUT2D eigenvalue weighted by molar-refractivity contribution is 7.84. The Morgan fingerprint density at radius 3 is 2.72 bits per heavy atom. The highest BCUT2D eigenvalue weighted by Crippen LogP contribution is 2.22. The predicted octanol–water partition coefficient (Wildman–Crippen LogP) is 3.03. The smallest absolute Gasteiger partial charge is 0.342 e. The monoisotopic (exact) mass is 536 g/mol. The first-order chi connectivity index (χ1) is 17.3. The topological polar surface area (TPSA) is 102 Å². The van der Waals surface area contributed by atoms with E-state index in [-0.39, 0.29) is 48.0 Å². The van der Waals surface area contributed by atoms with E-state index in [4.69, 9.17) is 4.74 Å². The molecule has 2 aromatic heterocycles. The third-order valence-electron chi connectivity index (χ3n) is 6.25. The molecule has 1 aliphatic rings. The van der Waals surface area contributed by atoms with Crippen molar-refractivity contribution in [2.24, 2.45) is 0 Å². The van der Waals surface area contributed by atoms with Crippen molar-refractivity contribution in [3.8, 4) is 0 Å². The summed E-state index contributed by atoms with van der Waals surface area (Å²) in [5.41, 5.74) is 0.645. The maximum absolute atomic E-state index is 13.4. The Balaban J connectivity index is 1.69. The van der Waals surface area contributed by atoms with Gasteiger partial charge in [0.1, 0.15) is 10.6 Å². The van der Waals surface area contributed by atoms with Crippen molar-refractivity contribution in [3.63, 3.8) is 0 Å². The third kappa shape index (κ3) is 6.82. The lowest BCUT2D eigenvalue weighted by Crippen LogP contribution is -2.52. The van der Waals surface area contributed by atoms with Crippen LogP contribution in [0.5, 0.6) is 0 Å². The molecule has 0 saturated carbocycles. The molecule has 36 heavy (non-hydrogen) atoms. The fourth-order valence-corrected chi connectivity index (χ4v) is 6.29. The van der Waals surface area contributed by atoms with E-state index < -0.39 is 16.8 Å². The standard InChI is InChI=1S/C25H36N4O5S2/c1-5-12-28(19-9-7-13-27(17-19)22(31)16-20-10-8-15-35-20)21(30)11-14-29-24(36(4)33)23(18(3)26-29)25(32)34-6-2/h8,10,15,19H,5-7,9,11-14,16-17H2,1-4H3/t19-,36?/m0/s1. The number of nitrogens with zero attached hydrogens (tertiary/aromatic N) is 4. The summed E-state index contributed by atoms with van der Waals surface area (Å²) in [5, 5.41) is 6.65. The molecule has 2 amide bonds. The number of hydrogen-bond acceptors (Lipinski definition) is 7. The second-order valence-corrected chi connectivity index (χ2v) is 11.2. The molecule has 1 unspecified atom stereocenters. The summed E-state index contributed by atoms with van der Waals surface area (Å²) in [6, 6.07) is 3.89. The SMILES string of the molecule is CCCN(C(=O)CCn1nc(C)c(C(=O)OCC)c1S(C)=O)[C@H]1CCCN(C(=O)Cc2cccs2)C1. The lowest BCUT2D eigenvalue weighted by atomic mass is 10.0. The number of likely N-dealkylation sites (tertiary alicyclic amines) is 1. The number of ether oxygens (including phenoxy) is 1. The number of aromatic nitrogens is 2. The Labute approximate surface area is 219 Å². The van der Waals surface area contributed by atoms with E-state index in [1.54, 1.807) is 25.2 Å². The zero-order chi connectivity index (χ0) is 26.2. The Morgan fingerprint density at radius 1 is 1.31 bits per heavy atom. The van der Waals surface area contributed by atoms with Gasteiger partial charge >= 0.3 is 5.97 Å². The molecule has 0 radical (unpaired) electrons. The van der Waals surface area contributed by atoms with Crippen molar-refractivity contribution in [2.75, 3.05) is 32.5 Å². The van der Waals surface area contributed by atoms with E-state index in [0.29, 0.717) is 31.7 Å². The molecule has 0 aliphatic carbocycles. The van der Waals surface area contributed by atoms with Crippen LogP contribution in [0.25, 0.3) is 0 Å². The van der Waals surface area contributed by atoms with Crippen molar-refractivity contribution in [2.45, 2.75) is 70.5 Å². The molecule has 0 spiro atoms. The quantitative estimate of drug-likeness (QED) is 0.409. The number of rotatable bonds is 11. The minimum atomic E-state index is -1.48. The van der Waals surface area contributed by atoms with Crippen LogP contribution in [0.15, 0.2) is 22.5 Å². The highest BCUT2D eigenvalue weighted by atomic mass is 32.2. The second-order valence-electron chi connectivity index (χ2n) is 8.89. The van der Waals surface area contributed by atoms with Crippen LogP contribution < -0.4 is 0 Å². The van der Waals surface area contributed by atoms with Gasteiger partial charge in [0.2, 0.25) is 11.8 Å². The van der Waals surface area contributed by atoms with Crippen molar-refractivity contribution in [3.05, 3.63) is 33.6 Å². The Morgan fingerprint density at radius 2 is 2.08 bits per heavy atom. The molecule has 3 heterocycles. The zero-order valence-electron chi connectivity index (χ0n) is 21.5. The van der Waals surface area contributed by atoms with Crippen LogP contribution in [-0.4, -0.2) is 80.1 Å². The van der Waals surface area contributed by atoms with Crippen molar-refractivity contribution < 1.29 is 23.3 Å². The maximum Gasteiger partial charge on any atom is 0.342 e. The van der Waals surface area contributed by atoms with E-state index in [1.165, 1.54) is 10.9 Å². The van der Waals surface area contributed by atoms with E-state index in [9.17, 15) is 18.6 Å². The Bertz CT molecular complexity index is 1080. The van der Waals surface area contributed by atoms with Gasteiger partial charge in [-0.2, -0.15) is 5.10 Å². The average molecular weight is 537 g/mol. The van der Waals surface area contributed by atoms with Crippen LogP contribution in [0.4, 0.5) is 0 Å². The molecule has 1 saturated heterocycles. The van der Waals surface area contributed by atoms with E-state index in [2.05, 4.69) is 5.10 Å². The number of carbonyl (C=O) groups is 3. The van der Waals surface area contributed by atoms with Gasteiger partial charge in [-0.05, 0) is 44.6 Å². The van der Waals surface area contributed by atoms with Gasteiger partial charge in [-0.3, -0.25) is 18.5 Å². The van der Waals surface area contributed by atoms with E-state index in [0.717, 1.165) is 24.1 Å². The normalized spacial score (nSPS) is 16.6. The molecule has 11 heteroatoms. The lowest BCUT2D eigenvalue weighted by molar-refractivity contribution is -0.139. The van der Waals surface area contributed by atoms with Gasteiger partial charge < -0.3 is 14.5 Å². The number of piperidine rings is 1.